The summed E-state index contributed by atoms with van der Waals surface area (Å²) < 4.78 is 1.23. The first-order chi connectivity index (χ1) is 7.12. The Kier molecular flexibility index (Phi) is 14.5. The van der Waals surface area contributed by atoms with Crippen LogP contribution in [0.25, 0.3) is 0 Å². The lowest BCUT2D eigenvalue weighted by atomic mass is 10.1. The first kappa shape index (κ1) is 19.0. The third-order valence-corrected chi connectivity index (χ3v) is 3.23. The van der Waals surface area contributed by atoms with Crippen molar-refractivity contribution >= 4 is 0 Å². The standard InChI is InChI=1S/C14H32N.HI/c1-5-7-9-11-13-15(3,4)14-12-10-8-6-2;/h5-14H2,1-4H3;1H/q+1;/p-1. The molecule has 0 spiro atoms. The molecular formula is C14H32IN. The van der Waals surface area contributed by atoms with Gasteiger partial charge in [-0.3, -0.25) is 0 Å². The van der Waals surface area contributed by atoms with Gasteiger partial charge in [0.05, 0.1) is 27.2 Å². The molecule has 0 aliphatic carbocycles. The number of rotatable bonds is 10. The van der Waals surface area contributed by atoms with E-state index in [4.69, 9.17) is 0 Å². The number of hydrogen-bond acceptors (Lipinski definition) is 0. The molecule has 0 aromatic heterocycles. The van der Waals surface area contributed by atoms with E-state index in [1.165, 1.54) is 68.9 Å². The molecule has 0 bridgehead atoms. The molecule has 0 radical (unpaired) electrons. The fraction of sp³-hybridized carbons (Fsp3) is 1.00. The highest BCUT2D eigenvalue weighted by molar-refractivity contribution is 4.43. The van der Waals surface area contributed by atoms with Crippen molar-refractivity contribution in [3.05, 3.63) is 0 Å². The van der Waals surface area contributed by atoms with E-state index in [0.29, 0.717) is 0 Å². The first-order valence-electron chi connectivity index (χ1n) is 6.94. The topological polar surface area (TPSA) is 0 Å². The van der Waals surface area contributed by atoms with Crippen LogP contribution >= 0.6 is 0 Å². The Morgan fingerprint density at radius 2 is 1.00 bits per heavy atom. The van der Waals surface area contributed by atoms with Crippen LogP contribution in [0.4, 0.5) is 0 Å². The molecule has 0 aliphatic heterocycles. The van der Waals surface area contributed by atoms with E-state index in [9.17, 15) is 0 Å². The van der Waals surface area contributed by atoms with Crippen molar-refractivity contribution < 1.29 is 28.5 Å². The van der Waals surface area contributed by atoms with Gasteiger partial charge in [0.25, 0.3) is 0 Å². The van der Waals surface area contributed by atoms with Gasteiger partial charge in [0.15, 0.2) is 0 Å². The lowest BCUT2D eigenvalue weighted by Crippen LogP contribution is -3.00. The molecule has 16 heavy (non-hydrogen) atoms. The van der Waals surface area contributed by atoms with E-state index in [1.54, 1.807) is 0 Å². The van der Waals surface area contributed by atoms with Crippen molar-refractivity contribution in [1.82, 2.24) is 0 Å². The minimum atomic E-state index is 0. The van der Waals surface area contributed by atoms with Crippen LogP contribution in [0.2, 0.25) is 0 Å². The molecule has 1 nitrogen and oxygen atoms in total. The molecule has 0 unspecified atom stereocenters. The largest absolute Gasteiger partial charge is 1.00 e. The number of nitrogens with zero attached hydrogens (tertiary/aromatic N) is 1. The predicted molar refractivity (Wildman–Crippen MR) is 70.1 cm³/mol. The highest BCUT2D eigenvalue weighted by Gasteiger charge is 2.12. The van der Waals surface area contributed by atoms with Gasteiger partial charge in [0, 0.05) is 0 Å². The van der Waals surface area contributed by atoms with Gasteiger partial charge in [0.1, 0.15) is 0 Å². The molecule has 0 fully saturated rings. The number of hydrogen-bond donors (Lipinski definition) is 0. The third kappa shape index (κ3) is 12.8. The summed E-state index contributed by atoms with van der Waals surface area (Å²) in [6.07, 6.45) is 11.2. The van der Waals surface area contributed by atoms with Crippen LogP contribution in [-0.4, -0.2) is 31.7 Å². The second-order valence-electron chi connectivity index (χ2n) is 5.50. The average Bonchev–Trinajstić information content (AvgIpc) is 2.20. The summed E-state index contributed by atoms with van der Waals surface area (Å²) in [5.41, 5.74) is 0. The SMILES string of the molecule is CCCCCC[N+](C)(C)CCCCCC.[I-]. The van der Waals surface area contributed by atoms with E-state index in [-0.39, 0.29) is 24.0 Å². The Bertz CT molecular complexity index is 121. The van der Waals surface area contributed by atoms with Gasteiger partial charge in [-0.25, -0.2) is 0 Å². The normalized spacial score (nSPS) is 11.2. The van der Waals surface area contributed by atoms with Crippen LogP contribution in [0.5, 0.6) is 0 Å². The Morgan fingerprint density at radius 1 is 0.625 bits per heavy atom. The Morgan fingerprint density at radius 3 is 1.31 bits per heavy atom. The first-order valence-corrected chi connectivity index (χ1v) is 6.94. The van der Waals surface area contributed by atoms with Gasteiger partial charge in [-0.05, 0) is 25.7 Å². The molecule has 0 amide bonds. The fourth-order valence-corrected chi connectivity index (χ4v) is 2.05. The fourth-order valence-electron chi connectivity index (χ4n) is 2.05. The summed E-state index contributed by atoms with van der Waals surface area (Å²) in [4.78, 5) is 0. The van der Waals surface area contributed by atoms with E-state index in [2.05, 4.69) is 27.9 Å². The van der Waals surface area contributed by atoms with E-state index in [1.807, 2.05) is 0 Å². The minimum Gasteiger partial charge on any atom is -1.00 e. The molecule has 0 aromatic carbocycles. The van der Waals surface area contributed by atoms with Crippen molar-refractivity contribution in [2.45, 2.75) is 65.2 Å². The van der Waals surface area contributed by atoms with Gasteiger partial charge >= 0.3 is 0 Å². The van der Waals surface area contributed by atoms with E-state index < -0.39 is 0 Å². The van der Waals surface area contributed by atoms with E-state index >= 15 is 0 Å². The second kappa shape index (κ2) is 12.2. The second-order valence-corrected chi connectivity index (χ2v) is 5.50. The molecule has 0 atom stereocenters. The highest BCUT2D eigenvalue weighted by Crippen LogP contribution is 2.08. The van der Waals surface area contributed by atoms with Gasteiger partial charge in [-0.15, -0.1) is 0 Å². The van der Waals surface area contributed by atoms with Crippen LogP contribution in [0, 0.1) is 0 Å². The number of quaternary nitrogens is 1. The summed E-state index contributed by atoms with van der Waals surface area (Å²) in [6.45, 7) is 7.30. The van der Waals surface area contributed by atoms with Gasteiger partial charge in [-0.1, -0.05) is 39.5 Å². The summed E-state index contributed by atoms with van der Waals surface area (Å²) in [5, 5.41) is 0. The molecule has 0 rings (SSSR count). The van der Waals surface area contributed by atoms with Crippen LogP contribution < -0.4 is 24.0 Å². The Balaban J connectivity index is 0. The highest BCUT2D eigenvalue weighted by atomic mass is 127. The molecule has 0 aliphatic rings. The molecule has 0 aromatic rings. The molecular weight excluding hydrogens is 309 g/mol. The molecule has 0 saturated heterocycles. The molecule has 0 heterocycles. The maximum atomic E-state index is 2.39. The van der Waals surface area contributed by atoms with Crippen molar-refractivity contribution in [2.75, 3.05) is 27.2 Å². The van der Waals surface area contributed by atoms with Crippen molar-refractivity contribution in [3.8, 4) is 0 Å². The Hall–Kier alpha value is 0.690. The Labute approximate surface area is 121 Å². The number of halogens is 1. The lowest BCUT2D eigenvalue weighted by Gasteiger charge is -2.30. The zero-order chi connectivity index (χ0) is 11.6. The van der Waals surface area contributed by atoms with Crippen molar-refractivity contribution in [1.29, 1.82) is 0 Å². The maximum Gasteiger partial charge on any atom is 0.0782 e. The molecule has 0 N–H and O–H groups in total. The predicted octanol–water partition coefficient (Wildman–Crippen LogP) is 1.23. The van der Waals surface area contributed by atoms with Crippen LogP contribution in [0.15, 0.2) is 0 Å². The van der Waals surface area contributed by atoms with Crippen molar-refractivity contribution in [2.24, 2.45) is 0 Å². The van der Waals surface area contributed by atoms with Crippen LogP contribution in [0.1, 0.15) is 65.2 Å². The molecule has 2 heteroatoms. The van der Waals surface area contributed by atoms with Crippen LogP contribution in [-0.2, 0) is 0 Å². The summed E-state index contributed by atoms with van der Waals surface area (Å²) in [6, 6.07) is 0. The summed E-state index contributed by atoms with van der Waals surface area (Å²) in [5.74, 6) is 0. The summed E-state index contributed by atoms with van der Waals surface area (Å²) >= 11 is 0. The third-order valence-electron chi connectivity index (χ3n) is 3.23. The van der Waals surface area contributed by atoms with Crippen molar-refractivity contribution in [3.63, 3.8) is 0 Å². The lowest BCUT2D eigenvalue weighted by molar-refractivity contribution is -0.890. The maximum absolute atomic E-state index is 2.39. The zero-order valence-electron chi connectivity index (χ0n) is 11.9. The smallest absolute Gasteiger partial charge is 0.0782 e. The number of unbranched alkanes of at least 4 members (excludes halogenated alkanes) is 6. The minimum absolute atomic E-state index is 0. The van der Waals surface area contributed by atoms with Crippen LogP contribution in [0.3, 0.4) is 0 Å². The summed E-state index contributed by atoms with van der Waals surface area (Å²) in [7, 11) is 4.77. The quantitative estimate of drug-likeness (QED) is 0.319. The average molecular weight is 341 g/mol. The van der Waals surface area contributed by atoms with Gasteiger partial charge in [0.2, 0.25) is 0 Å². The van der Waals surface area contributed by atoms with E-state index in [0.717, 1.165) is 0 Å². The monoisotopic (exact) mass is 341 g/mol. The molecule has 100 valence electrons. The zero-order valence-corrected chi connectivity index (χ0v) is 14.1. The molecule has 0 saturated carbocycles. The van der Waals surface area contributed by atoms with Gasteiger partial charge in [-0.2, -0.15) is 0 Å². The van der Waals surface area contributed by atoms with Gasteiger partial charge < -0.3 is 28.5 Å².